The molecule has 124 valence electrons. The Morgan fingerprint density at radius 3 is 2.24 bits per heavy atom. The number of carbonyl (C=O) groups excluding carboxylic acids is 1. The van der Waals surface area contributed by atoms with E-state index in [4.69, 9.17) is 4.74 Å². The second-order valence-corrected chi connectivity index (χ2v) is 7.16. The van der Waals surface area contributed by atoms with E-state index in [0.29, 0.717) is 12.5 Å². The van der Waals surface area contributed by atoms with E-state index in [0.717, 1.165) is 18.8 Å². The van der Waals surface area contributed by atoms with Gasteiger partial charge in [-0.1, -0.05) is 38.3 Å². The lowest BCUT2D eigenvalue weighted by Gasteiger charge is -2.18. The Morgan fingerprint density at radius 1 is 1.14 bits per heavy atom. The summed E-state index contributed by atoms with van der Waals surface area (Å²) in [7, 11) is 0. The van der Waals surface area contributed by atoms with E-state index in [9.17, 15) is 9.90 Å². The van der Waals surface area contributed by atoms with Crippen LogP contribution in [0, 0.1) is 11.8 Å². The highest BCUT2D eigenvalue weighted by Gasteiger charge is 2.25. The highest BCUT2D eigenvalue weighted by atomic mass is 16.5. The molecule has 0 rings (SSSR count). The molecular weight excluding hydrogens is 264 g/mol. The van der Waals surface area contributed by atoms with Crippen LogP contribution in [-0.4, -0.2) is 23.3 Å². The lowest BCUT2D eigenvalue weighted by molar-refractivity contribution is -0.163. The maximum atomic E-state index is 11.4. The first-order valence-corrected chi connectivity index (χ1v) is 8.16. The van der Waals surface area contributed by atoms with Gasteiger partial charge in [0.05, 0.1) is 6.61 Å². The topological polar surface area (TPSA) is 46.5 Å². The number of allylic oxidation sites excluding steroid dienone is 2. The van der Waals surface area contributed by atoms with Crippen molar-refractivity contribution in [3.63, 3.8) is 0 Å². The van der Waals surface area contributed by atoms with Gasteiger partial charge in [0.25, 0.3) is 0 Å². The Hall–Kier alpha value is -0.830. The van der Waals surface area contributed by atoms with Gasteiger partial charge in [0.1, 0.15) is 0 Å². The number of rotatable bonds is 10. The molecule has 2 unspecified atom stereocenters. The summed E-state index contributed by atoms with van der Waals surface area (Å²) in [6.45, 7) is 12.0. The summed E-state index contributed by atoms with van der Waals surface area (Å²) in [5, 5.41) is 9.49. The fourth-order valence-electron chi connectivity index (χ4n) is 2.09. The molecule has 0 spiro atoms. The van der Waals surface area contributed by atoms with Gasteiger partial charge in [-0.25, -0.2) is 4.79 Å². The van der Waals surface area contributed by atoms with Crippen molar-refractivity contribution < 1.29 is 14.6 Å². The van der Waals surface area contributed by atoms with E-state index >= 15 is 0 Å². The zero-order valence-electron chi connectivity index (χ0n) is 14.7. The molecule has 0 aliphatic carbocycles. The van der Waals surface area contributed by atoms with Gasteiger partial charge in [-0.15, -0.1) is 0 Å². The molecule has 0 aromatic heterocycles. The molecule has 0 aliphatic rings. The third-order valence-electron chi connectivity index (χ3n) is 3.60. The SMILES string of the molecule is CC(C)=CCCC(C)CCCC(C)COC(=O)C(C)(C)O. The molecule has 0 amide bonds. The van der Waals surface area contributed by atoms with Gasteiger partial charge in [-0.05, 0) is 58.8 Å². The molecule has 0 aromatic rings. The van der Waals surface area contributed by atoms with Crippen LogP contribution in [0.4, 0.5) is 0 Å². The second-order valence-electron chi connectivity index (χ2n) is 7.16. The fourth-order valence-corrected chi connectivity index (χ4v) is 2.09. The number of hydrogen-bond donors (Lipinski definition) is 1. The molecule has 0 saturated heterocycles. The number of hydrogen-bond acceptors (Lipinski definition) is 3. The van der Waals surface area contributed by atoms with E-state index < -0.39 is 11.6 Å². The van der Waals surface area contributed by atoms with Crippen molar-refractivity contribution in [2.24, 2.45) is 11.8 Å². The van der Waals surface area contributed by atoms with Gasteiger partial charge >= 0.3 is 5.97 Å². The average molecular weight is 298 g/mol. The van der Waals surface area contributed by atoms with Crippen molar-refractivity contribution in [1.82, 2.24) is 0 Å². The van der Waals surface area contributed by atoms with Crippen molar-refractivity contribution in [2.45, 2.75) is 79.2 Å². The van der Waals surface area contributed by atoms with Gasteiger partial charge in [0, 0.05) is 0 Å². The van der Waals surface area contributed by atoms with Crippen molar-refractivity contribution >= 4 is 5.97 Å². The van der Waals surface area contributed by atoms with Crippen molar-refractivity contribution in [3.8, 4) is 0 Å². The molecule has 0 saturated carbocycles. The number of esters is 1. The van der Waals surface area contributed by atoms with E-state index in [1.165, 1.54) is 38.7 Å². The molecule has 3 nitrogen and oxygen atoms in total. The lowest BCUT2D eigenvalue weighted by Crippen LogP contribution is -2.34. The van der Waals surface area contributed by atoms with Gasteiger partial charge in [0.15, 0.2) is 5.60 Å². The summed E-state index contributed by atoms with van der Waals surface area (Å²) in [6.07, 6.45) is 8.16. The number of ether oxygens (including phenoxy) is 1. The standard InChI is InChI=1S/C18H34O3/c1-14(2)9-7-10-15(3)11-8-12-16(4)13-21-17(19)18(5,6)20/h9,15-16,20H,7-8,10-13H2,1-6H3. The zero-order valence-corrected chi connectivity index (χ0v) is 14.7. The summed E-state index contributed by atoms with van der Waals surface area (Å²) in [5.41, 5.74) is 0.00328. The van der Waals surface area contributed by atoms with Crippen molar-refractivity contribution in [3.05, 3.63) is 11.6 Å². The molecule has 1 N–H and O–H groups in total. The molecule has 0 radical (unpaired) electrons. The van der Waals surface area contributed by atoms with Crippen LogP contribution in [0.2, 0.25) is 0 Å². The van der Waals surface area contributed by atoms with Gasteiger partial charge in [-0.3, -0.25) is 0 Å². The first-order chi connectivity index (χ1) is 9.62. The Balaban J connectivity index is 3.72. The zero-order chi connectivity index (χ0) is 16.5. The molecule has 0 bridgehead atoms. The summed E-state index contributed by atoms with van der Waals surface area (Å²) in [5.74, 6) is 0.553. The van der Waals surface area contributed by atoms with Crippen LogP contribution >= 0.6 is 0 Å². The Morgan fingerprint density at radius 2 is 1.71 bits per heavy atom. The summed E-state index contributed by atoms with van der Waals surface area (Å²) < 4.78 is 5.12. The predicted molar refractivity (Wildman–Crippen MR) is 88.1 cm³/mol. The Bertz CT molecular complexity index is 322. The molecule has 0 aliphatic heterocycles. The molecule has 0 fully saturated rings. The molecule has 0 aromatic carbocycles. The van der Waals surface area contributed by atoms with E-state index in [2.05, 4.69) is 33.8 Å². The summed E-state index contributed by atoms with van der Waals surface area (Å²) >= 11 is 0. The highest BCUT2D eigenvalue weighted by Crippen LogP contribution is 2.18. The molecular formula is C18H34O3. The van der Waals surface area contributed by atoms with Crippen LogP contribution < -0.4 is 0 Å². The minimum absolute atomic E-state index is 0.348. The van der Waals surface area contributed by atoms with Crippen LogP contribution in [0.3, 0.4) is 0 Å². The van der Waals surface area contributed by atoms with Gasteiger partial charge in [0.2, 0.25) is 0 Å². The smallest absolute Gasteiger partial charge is 0.337 e. The third-order valence-corrected chi connectivity index (χ3v) is 3.60. The Labute approximate surface area is 130 Å². The second kappa shape index (κ2) is 9.99. The van der Waals surface area contributed by atoms with Crippen LogP contribution in [0.25, 0.3) is 0 Å². The maximum absolute atomic E-state index is 11.4. The first-order valence-electron chi connectivity index (χ1n) is 8.16. The van der Waals surface area contributed by atoms with E-state index in [-0.39, 0.29) is 0 Å². The normalized spacial score (nSPS) is 14.4. The van der Waals surface area contributed by atoms with E-state index in [1.54, 1.807) is 0 Å². The third kappa shape index (κ3) is 11.5. The van der Waals surface area contributed by atoms with Crippen LogP contribution in [0.15, 0.2) is 11.6 Å². The highest BCUT2D eigenvalue weighted by molar-refractivity contribution is 5.78. The number of aliphatic hydroxyl groups is 1. The Kier molecular flexibility index (Phi) is 9.60. The van der Waals surface area contributed by atoms with Crippen LogP contribution in [0.5, 0.6) is 0 Å². The maximum Gasteiger partial charge on any atom is 0.337 e. The number of carbonyl (C=O) groups is 1. The minimum atomic E-state index is -1.39. The fraction of sp³-hybridized carbons (Fsp3) is 0.833. The monoisotopic (exact) mass is 298 g/mol. The molecule has 3 heteroatoms. The quantitative estimate of drug-likeness (QED) is 0.477. The van der Waals surface area contributed by atoms with Gasteiger partial charge < -0.3 is 9.84 Å². The summed E-state index contributed by atoms with van der Waals surface area (Å²) in [6, 6.07) is 0. The van der Waals surface area contributed by atoms with Crippen molar-refractivity contribution in [2.75, 3.05) is 6.61 Å². The average Bonchev–Trinajstić information content (AvgIpc) is 2.34. The molecule has 2 atom stereocenters. The first kappa shape index (κ1) is 20.2. The minimum Gasteiger partial charge on any atom is -0.463 e. The largest absolute Gasteiger partial charge is 0.463 e. The van der Waals surface area contributed by atoms with Crippen LogP contribution in [-0.2, 0) is 9.53 Å². The summed E-state index contributed by atoms with van der Waals surface area (Å²) in [4.78, 5) is 11.4. The predicted octanol–water partition coefficient (Wildman–Crippen LogP) is 4.49. The molecule has 0 heterocycles. The van der Waals surface area contributed by atoms with Crippen molar-refractivity contribution in [1.29, 1.82) is 0 Å². The van der Waals surface area contributed by atoms with E-state index in [1.807, 2.05) is 0 Å². The van der Waals surface area contributed by atoms with Crippen LogP contribution in [0.1, 0.15) is 73.6 Å². The lowest BCUT2D eigenvalue weighted by atomic mass is 9.95. The van der Waals surface area contributed by atoms with Gasteiger partial charge in [-0.2, -0.15) is 0 Å². The molecule has 21 heavy (non-hydrogen) atoms.